The van der Waals surface area contributed by atoms with E-state index < -0.39 is 6.04 Å². The Morgan fingerprint density at radius 3 is 2.70 bits per heavy atom. The number of Topliss-reactive ketones (excluding diaryl/α,β-unsaturated/α-hetero) is 1. The minimum atomic E-state index is -0.418. The molecule has 0 aliphatic carbocycles. The molecule has 0 saturated carbocycles. The third-order valence-corrected chi connectivity index (χ3v) is 5.19. The van der Waals surface area contributed by atoms with Gasteiger partial charge in [0, 0.05) is 17.7 Å². The third-order valence-electron chi connectivity index (χ3n) is 3.79. The Labute approximate surface area is 140 Å². The van der Waals surface area contributed by atoms with Crippen molar-refractivity contribution in [1.82, 2.24) is 5.32 Å². The Morgan fingerprint density at radius 1 is 1.26 bits per heavy atom. The molecule has 2 atom stereocenters. The number of thioether (sulfide) groups is 1. The minimum Gasteiger partial charge on any atom is -0.469 e. The van der Waals surface area contributed by atoms with Crippen molar-refractivity contribution in [2.45, 2.75) is 37.0 Å². The topological polar surface area (TPSA) is 72.5 Å². The number of benzene rings is 1. The number of carbonyl (C=O) groups excluding carboxylic acids is 3. The van der Waals surface area contributed by atoms with Gasteiger partial charge in [-0.2, -0.15) is 0 Å². The minimum absolute atomic E-state index is 0.0809. The van der Waals surface area contributed by atoms with Crippen molar-refractivity contribution in [2.24, 2.45) is 0 Å². The first-order valence-corrected chi connectivity index (χ1v) is 8.74. The average molecular weight is 335 g/mol. The Balaban J connectivity index is 1.75. The van der Waals surface area contributed by atoms with E-state index in [2.05, 4.69) is 10.1 Å². The number of esters is 1. The molecule has 1 saturated heterocycles. The number of ether oxygens (including phenoxy) is 1. The van der Waals surface area contributed by atoms with Gasteiger partial charge in [0.2, 0.25) is 0 Å². The maximum absolute atomic E-state index is 12.3. The molecule has 2 rings (SSSR count). The van der Waals surface area contributed by atoms with Crippen LogP contribution in [0.15, 0.2) is 30.3 Å². The largest absolute Gasteiger partial charge is 0.469 e. The van der Waals surface area contributed by atoms with Crippen LogP contribution in [0.25, 0.3) is 0 Å². The van der Waals surface area contributed by atoms with E-state index in [4.69, 9.17) is 0 Å². The third kappa shape index (κ3) is 5.10. The Hall–Kier alpha value is -1.82. The van der Waals surface area contributed by atoms with E-state index in [9.17, 15) is 14.4 Å². The lowest BCUT2D eigenvalue weighted by molar-refractivity contribution is -0.140. The zero-order valence-corrected chi connectivity index (χ0v) is 13.9. The first-order chi connectivity index (χ1) is 11.1. The highest BCUT2D eigenvalue weighted by Gasteiger charge is 2.35. The van der Waals surface area contributed by atoms with Crippen molar-refractivity contribution in [3.05, 3.63) is 35.9 Å². The van der Waals surface area contributed by atoms with E-state index in [1.807, 2.05) is 6.07 Å². The van der Waals surface area contributed by atoms with Gasteiger partial charge >= 0.3 is 5.97 Å². The van der Waals surface area contributed by atoms with Crippen molar-refractivity contribution in [3.8, 4) is 0 Å². The second-order valence-corrected chi connectivity index (χ2v) is 6.67. The zero-order chi connectivity index (χ0) is 16.7. The van der Waals surface area contributed by atoms with Gasteiger partial charge in [0.05, 0.1) is 18.4 Å². The quantitative estimate of drug-likeness (QED) is 0.611. The summed E-state index contributed by atoms with van der Waals surface area (Å²) < 4.78 is 4.59. The summed E-state index contributed by atoms with van der Waals surface area (Å²) in [6, 6.07) is 8.48. The van der Waals surface area contributed by atoms with E-state index in [-0.39, 0.29) is 22.9 Å². The van der Waals surface area contributed by atoms with Crippen LogP contribution in [-0.4, -0.2) is 41.8 Å². The lowest BCUT2D eigenvalue weighted by atomic mass is 10.1. The Bertz CT molecular complexity index is 561. The van der Waals surface area contributed by atoms with Crippen LogP contribution in [0.5, 0.6) is 0 Å². The summed E-state index contributed by atoms with van der Waals surface area (Å²) in [5, 5.41) is 2.72. The molecule has 124 valence electrons. The van der Waals surface area contributed by atoms with Crippen LogP contribution in [-0.2, 0) is 14.3 Å². The van der Waals surface area contributed by atoms with E-state index in [0.717, 1.165) is 19.3 Å². The number of ketones is 1. The molecule has 0 unspecified atom stereocenters. The van der Waals surface area contributed by atoms with Crippen molar-refractivity contribution in [1.29, 1.82) is 0 Å². The second kappa shape index (κ2) is 8.72. The number of rotatable bonds is 7. The van der Waals surface area contributed by atoms with E-state index in [1.165, 1.54) is 7.11 Å². The summed E-state index contributed by atoms with van der Waals surface area (Å²) >= 11 is 1.58. The van der Waals surface area contributed by atoms with E-state index >= 15 is 0 Å². The number of amides is 1. The van der Waals surface area contributed by atoms with E-state index in [0.29, 0.717) is 17.7 Å². The molecule has 5 nitrogen and oxygen atoms in total. The van der Waals surface area contributed by atoms with Gasteiger partial charge in [-0.3, -0.25) is 14.4 Å². The number of unbranched alkanes of at least 4 members (excludes halogenated alkanes) is 1. The molecule has 1 amide bonds. The fraction of sp³-hybridized carbons (Fsp3) is 0.471. The first kappa shape index (κ1) is 17.5. The summed E-state index contributed by atoms with van der Waals surface area (Å²) in [5.41, 5.74) is 0.562. The van der Waals surface area contributed by atoms with Crippen LogP contribution < -0.4 is 5.32 Å². The van der Waals surface area contributed by atoms with Crippen molar-refractivity contribution in [2.75, 3.05) is 12.9 Å². The molecule has 1 heterocycles. The monoisotopic (exact) mass is 335 g/mol. The summed E-state index contributed by atoms with van der Waals surface area (Å²) in [4.78, 5) is 35.5. The molecule has 6 heteroatoms. The predicted octanol–water partition coefficient (Wildman–Crippen LogP) is 2.20. The fourth-order valence-corrected chi connectivity index (χ4v) is 3.81. The van der Waals surface area contributed by atoms with Crippen molar-refractivity contribution >= 4 is 29.4 Å². The lowest BCUT2D eigenvalue weighted by Gasteiger charge is -2.11. The number of hydrogen-bond acceptors (Lipinski definition) is 5. The Morgan fingerprint density at radius 2 is 2.00 bits per heavy atom. The maximum atomic E-state index is 12.3. The average Bonchev–Trinajstić information content (AvgIpc) is 2.92. The van der Waals surface area contributed by atoms with Gasteiger partial charge in [-0.25, -0.2) is 0 Å². The SMILES string of the molecule is COC(=O)CCCC[C@H]1SC[C@@H](NC(=O)c2ccccc2)C1=O. The number of nitrogens with one attached hydrogen (secondary N) is 1. The molecule has 1 fully saturated rings. The Kier molecular flexibility index (Phi) is 6.65. The molecule has 0 spiro atoms. The molecule has 1 aliphatic rings. The highest BCUT2D eigenvalue weighted by Crippen LogP contribution is 2.28. The van der Waals surface area contributed by atoms with Crippen LogP contribution in [0, 0.1) is 0 Å². The normalized spacial score (nSPS) is 20.3. The van der Waals surface area contributed by atoms with Crippen LogP contribution >= 0.6 is 11.8 Å². The summed E-state index contributed by atoms with van der Waals surface area (Å²) in [5.74, 6) is 0.260. The molecule has 1 aliphatic heterocycles. The smallest absolute Gasteiger partial charge is 0.305 e. The number of methoxy groups -OCH3 is 1. The van der Waals surface area contributed by atoms with Gasteiger partial charge < -0.3 is 10.1 Å². The summed E-state index contributed by atoms with van der Waals surface area (Å²) in [6.45, 7) is 0. The van der Waals surface area contributed by atoms with Crippen molar-refractivity contribution in [3.63, 3.8) is 0 Å². The second-order valence-electron chi connectivity index (χ2n) is 5.44. The number of carbonyl (C=O) groups is 3. The van der Waals surface area contributed by atoms with Gasteiger partial charge in [0.1, 0.15) is 0 Å². The van der Waals surface area contributed by atoms with Gasteiger partial charge in [0.25, 0.3) is 5.91 Å². The molecule has 1 aromatic rings. The first-order valence-electron chi connectivity index (χ1n) is 7.70. The van der Waals surface area contributed by atoms with Gasteiger partial charge in [-0.1, -0.05) is 24.6 Å². The van der Waals surface area contributed by atoms with Crippen LogP contribution in [0.4, 0.5) is 0 Å². The van der Waals surface area contributed by atoms with Crippen LogP contribution in [0.3, 0.4) is 0 Å². The molecule has 0 aromatic heterocycles. The lowest BCUT2D eigenvalue weighted by Crippen LogP contribution is -2.41. The van der Waals surface area contributed by atoms with Crippen LogP contribution in [0.1, 0.15) is 36.0 Å². The molecular formula is C17H21NO4S. The predicted molar refractivity (Wildman–Crippen MR) is 89.4 cm³/mol. The number of hydrogen-bond donors (Lipinski definition) is 1. The standard InChI is InChI=1S/C17H21NO4S/c1-22-15(19)10-6-5-9-14-16(20)13(11-23-14)18-17(21)12-7-3-2-4-8-12/h2-4,7-8,13-14H,5-6,9-11H2,1H3,(H,18,21)/t13-,14-/m1/s1. The zero-order valence-electron chi connectivity index (χ0n) is 13.1. The highest BCUT2D eigenvalue weighted by atomic mass is 32.2. The molecule has 0 bridgehead atoms. The summed E-state index contributed by atoms with van der Waals surface area (Å²) in [7, 11) is 1.37. The van der Waals surface area contributed by atoms with Gasteiger partial charge in [-0.15, -0.1) is 11.8 Å². The molecular weight excluding hydrogens is 314 g/mol. The van der Waals surface area contributed by atoms with Gasteiger partial charge in [0.15, 0.2) is 5.78 Å². The van der Waals surface area contributed by atoms with E-state index in [1.54, 1.807) is 36.0 Å². The molecule has 23 heavy (non-hydrogen) atoms. The molecule has 1 aromatic carbocycles. The van der Waals surface area contributed by atoms with Crippen LogP contribution in [0.2, 0.25) is 0 Å². The molecule has 1 N–H and O–H groups in total. The molecule has 0 radical (unpaired) electrons. The maximum Gasteiger partial charge on any atom is 0.305 e. The van der Waals surface area contributed by atoms with Gasteiger partial charge in [-0.05, 0) is 25.0 Å². The highest BCUT2D eigenvalue weighted by molar-refractivity contribution is 8.01. The van der Waals surface area contributed by atoms with Crippen molar-refractivity contribution < 1.29 is 19.1 Å². The fourth-order valence-electron chi connectivity index (χ4n) is 2.47. The summed E-state index contributed by atoms with van der Waals surface area (Å²) in [6.07, 6.45) is 2.64.